The Hall–Kier alpha value is -1.62. The molecular formula is C15H20N2O2S. The summed E-state index contributed by atoms with van der Waals surface area (Å²) in [6.45, 7) is 8.19. The molecule has 5 heteroatoms. The van der Waals surface area contributed by atoms with Gasteiger partial charge in [0.25, 0.3) is 0 Å². The van der Waals surface area contributed by atoms with Crippen LogP contribution in [-0.2, 0) is 11.2 Å². The zero-order chi connectivity index (χ0) is 14.8. The first-order valence-corrected chi connectivity index (χ1v) is 7.54. The maximum atomic E-state index is 11.8. The number of nitrogens with zero attached hydrogens (tertiary/aromatic N) is 1. The van der Waals surface area contributed by atoms with E-state index in [1.54, 1.807) is 11.3 Å². The maximum absolute atomic E-state index is 11.8. The van der Waals surface area contributed by atoms with Crippen LogP contribution in [0.3, 0.4) is 0 Å². The molecule has 0 spiro atoms. The number of thiophene rings is 1. The molecule has 0 radical (unpaired) electrons. The Balaban J connectivity index is 1.96. The maximum Gasteiger partial charge on any atom is 0.236 e. The fourth-order valence-electron chi connectivity index (χ4n) is 1.73. The molecule has 0 atom stereocenters. The van der Waals surface area contributed by atoms with Crippen molar-refractivity contribution in [3.63, 3.8) is 0 Å². The summed E-state index contributed by atoms with van der Waals surface area (Å²) in [5, 5.41) is 4.92. The van der Waals surface area contributed by atoms with Crippen LogP contribution >= 0.6 is 11.3 Å². The summed E-state index contributed by atoms with van der Waals surface area (Å²) in [5.74, 6) is 1.53. The first-order valence-electron chi connectivity index (χ1n) is 6.66. The minimum atomic E-state index is -0.360. The summed E-state index contributed by atoms with van der Waals surface area (Å²) in [7, 11) is 0. The average Bonchev–Trinajstić information content (AvgIpc) is 2.98. The average molecular weight is 292 g/mol. The van der Waals surface area contributed by atoms with Gasteiger partial charge in [0.1, 0.15) is 5.76 Å². The van der Waals surface area contributed by atoms with Crippen LogP contribution in [0, 0.1) is 12.3 Å². The Bertz CT molecular complexity index is 580. The highest BCUT2D eigenvalue weighted by molar-refractivity contribution is 7.13. The lowest BCUT2D eigenvalue weighted by molar-refractivity contribution is -0.128. The van der Waals surface area contributed by atoms with E-state index in [9.17, 15) is 4.79 Å². The summed E-state index contributed by atoms with van der Waals surface area (Å²) in [5.41, 5.74) is 0.545. The number of carbonyl (C=O) groups excluding carboxylic acids is 1. The molecule has 0 saturated carbocycles. The summed E-state index contributed by atoms with van der Waals surface area (Å²) in [6, 6.07) is 3.96. The number of aromatic nitrogens is 1. The van der Waals surface area contributed by atoms with Crippen molar-refractivity contribution in [2.24, 2.45) is 5.41 Å². The molecule has 20 heavy (non-hydrogen) atoms. The summed E-state index contributed by atoms with van der Waals surface area (Å²) < 4.78 is 5.67. The molecule has 1 N–H and O–H groups in total. The zero-order valence-electron chi connectivity index (χ0n) is 12.3. The lowest BCUT2D eigenvalue weighted by atomic mass is 9.96. The first kappa shape index (κ1) is 14.8. The molecule has 2 aromatic rings. The monoisotopic (exact) mass is 292 g/mol. The molecule has 1 amide bonds. The van der Waals surface area contributed by atoms with Crippen molar-refractivity contribution in [2.45, 2.75) is 34.1 Å². The van der Waals surface area contributed by atoms with Crippen LogP contribution < -0.4 is 5.32 Å². The number of rotatable bonds is 4. The van der Waals surface area contributed by atoms with Crippen LogP contribution in [0.2, 0.25) is 0 Å². The SMILES string of the molecule is Cc1oc(-c2cccs2)nc1CCNC(=O)C(C)(C)C. The number of oxazole rings is 1. The lowest BCUT2D eigenvalue weighted by Gasteiger charge is -2.17. The molecule has 0 aromatic carbocycles. The van der Waals surface area contributed by atoms with Crippen LogP contribution in [-0.4, -0.2) is 17.4 Å². The topological polar surface area (TPSA) is 55.1 Å². The molecular weight excluding hydrogens is 272 g/mol. The molecule has 0 aliphatic carbocycles. The molecule has 0 aliphatic heterocycles. The van der Waals surface area contributed by atoms with Gasteiger partial charge in [0.2, 0.25) is 11.8 Å². The van der Waals surface area contributed by atoms with Gasteiger partial charge in [-0.05, 0) is 18.4 Å². The number of carbonyl (C=O) groups is 1. The number of hydrogen-bond acceptors (Lipinski definition) is 4. The Morgan fingerprint density at radius 2 is 2.20 bits per heavy atom. The fraction of sp³-hybridized carbons (Fsp3) is 0.467. The second-order valence-electron chi connectivity index (χ2n) is 5.76. The van der Waals surface area contributed by atoms with Crippen molar-refractivity contribution in [3.05, 3.63) is 29.0 Å². The van der Waals surface area contributed by atoms with Gasteiger partial charge in [-0.25, -0.2) is 4.98 Å². The van der Waals surface area contributed by atoms with Gasteiger partial charge in [-0.2, -0.15) is 0 Å². The van der Waals surface area contributed by atoms with E-state index in [2.05, 4.69) is 10.3 Å². The second-order valence-corrected chi connectivity index (χ2v) is 6.70. The van der Waals surface area contributed by atoms with Crippen molar-refractivity contribution >= 4 is 17.2 Å². The van der Waals surface area contributed by atoms with Gasteiger partial charge in [0.05, 0.1) is 10.6 Å². The smallest absolute Gasteiger partial charge is 0.236 e. The van der Waals surface area contributed by atoms with E-state index < -0.39 is 0 Å². The Morgan fingerprint density at radius 3 is 2.80 bits per heavy atom. The number of hydrogen-bond donors (Lipinski definition) is 1. The van der Waals surface area contributed by atoms with Crippen LogP contribution in [0.5, 0.6) is 0 Å². The third-order valence-corrected chi connectivity index (χ3v) is 3.81. The Labute approximate surface area is 123 Å². The van der Waals surface area contributed by atoms with Gasteiger partial charge < -0.3 is 9.73 Å². The largest absolute Gasteiger partial charge is 0.440 e. The number of aryl methyl sites for hydroxylation is 1. The fourth-order valence-corrected chi connectivity index (χ4v) is 2.37. The highest BCUT2D eigenvalue weighted by atomic mass is 32.1. The molecule has 0 bridgehead atoms. The predicted octanol–water partition coefficient (Wildman–Crippen LogP) is 3.42. The van der Waals surface area contributed by atoms with E-state index in [0.29, 0.717) is 18.9 Å². The zero-order valence-corrected chi connectivity index (χ0v) is 13.1. The van der Waals surface area contributed by atoms with Crippen LogP contribution in [0.4, 0.5) is 0 Å². The van der Waals surface area contributed by atoms with Crippen molar-refractivity contribution < 1.29 is 9.21 Å². The molecule has 108 valence electrons. The molecule has 2 rings (SSSR count). The van der Waals surface area contributed by atoms with E-state index >= 15 is 0 Å². The highest BCUT2D eigenvalue weighted by Crippen LogP contribution is 2.25. The van der Waals surface area contributed by atoms with Gasteiger partial charge in [-0.3, -0.25) is 4.79 Å². The summed E-state index contributed by atoms with van der Waals surface area (Å²) in [4.78, 5) is 17.3. The Morgan fingerprint density at radius 1 is 1.45 bits per heavy atom. The molecule has 0 fully saturated rings. The molecule has 0 aliphatic rings. The van der Waals surface area contributed by atoms with Crippen LogP contribution in [0.15, 0.2) is 21.9 Å². The van der Waals surface area contributed by atoms with Gasteiger partial charge in [-0.15, -0.1) is 11.3 Å². The van der Waals surface area contributed by atoms with Crippen LogP contribution in [0.25, 0.3) is 10.8 Å². The molecule has 2 aromatic heterocycles. The van der Waals surface area contributed by atoms with E-state index in [0.717, 1.165) is 16.3 Å². The minimum absolute atomic E-state index is 0.0529. The molecule has 4 nitrogen and oxygen atoms in total. The molecule has 0 unspecified atom stereocenters. The van der Waals surface area contributed by atoms with Gasteiger partial charge in [0, 0.05) is 18.4 Å². The normalized spacial score (nSPS) is 11.6. The number of amides is 1. The summed E-state index contributed by atoms with van der Waals surface area (Å²) in [6.07, 6.45) is 0.683. The Kier molecular flexibility index (Phi) is 4.28. The van der Waals surface area contributed by atoms with E-state index in [4.69, 9.17) is 4.42 Å². The quantitative estimate of drug-likeness (QED) is 0.939. The minimum Gasteiger partial charge on any atom is -0.440 e. The van der Waals surface area contributed by atoms with Gasteiger partial charge in [0.15, 0.2) is 0 Å². The third-order valence-electron chi connectivity index (χ3n) is 2.95. The standard InChI is InChI=1S/C15H20N2O2S/c1-10-11(7-8-16-14(18)15(2,3)4)17-13(19-10)12-6-5-9-20-12/h5-6,9H,7-8H2,1-4H3,(H,16,18). The summed E-state index contributed by atoms with van der Waals surface area (Å²) >= 11 is 1.60. The molecule has 0 saturated heterocycles. The van der Waals surface area contributed by atoms with Crippen LogP contribution in [0.1, 0.15) is 32.2 Å². The van der Waals surface area contributed by atoms with Gasteiger partial charge >= 0.3 is 0 Å². The van der Waals surface area contributed by atoms with E-state index in [-0.39, 0.29) is 11.3 Å². The van der Waals surface area contributed by atoms with Crippen molar-refractivity contribution in [1.82, 2.24) is 10.3 Å². The second kappa shape index (κ2) is 5.79. The van der Waals surface area contributed by atoms with Crippen molar-refractivity contribution in [1.29, 1.82) is 0 Å². The third kappa shape index (κ3) is 3.48. The lowest BCUT2D eigenvalue weighted by Crippen LogP contribution is -2.36. The van der Waals surface area contributed by atoms with E-state index in [1.807, 2.05) is 45.2 Å². The first-order chi connectivity index (χ1) is 9.38. The molecule has 2 heterocycles. The van der Waals surface area contributed by atoms with Gasteiger partial charge in [-0.1, -0.05) is 26.8 Å². The predicted molar refractivity (Wildman–Crippen MR) is 80.7 cm³/mol. The van der Waals surface area contributed by atoms with E-state index in [1.165, 1.54) is 0 Å². The number of nitrogens with one attached hydrogen (secondary N) is 1. The van der Waals surface area contributed by atoms with Crippen molar-refractivity contribution in [3.8, 4) is 10.8 Å². The van der Waals surface area contributed by atoms with Crippen molar-refractivity contribution in [2.75, 3.05) is 6.54 Å². The highest BCUT2D eigenvalue weighted by Gasteiger charge is 2.20.